The second-order valence-electron chi connectivity index (χ2n) is 5.91. The number of hydrogen-bond donors (Lipinski definition) is 0. The minimum Gasteiger partial charge on any atom is -0.619 e. The molecule has 3 rings (SSSR count). The van der Waals surface area contributed by atoms with Gasteiger partial charge in [-0.3, -0.25) is 9.59 Å². The highest BCUT2D eigenvalue weighted by atomic mass is 19.3. The number of hydrogen-bond acceptors (Lipinski definition) is 4. The van der Waals surface area contributed by atoms with Gasteiger partial charge in [0, 0.05) is 38.3 Å². The zero-order valence-corrected chi connectivity index (χ0v) is 14.3. The fourth-order valence-corrected chi connectivity index (χ4v) is 2.86. The summed E-state index contributed by atoms with van der Waals surface area (Å²) in [5.74, 6) is -0.833. The first-order chi connectivity index (χ1) is 13.0. The van der Waals surface area contributed by atoms with Crippen LogP contribution in [-0.4, -0.2) is 54.4 Å². The zero-order chi connectivity index (χ0) is 19.4. The van der Waals surface area contributed by atoms with Crippen LogP contribution in [0, 0.1) is 5.21 Å². The van der Waals surface area contributed by atoms with E-state index in [-0.39, 0.29) is 30.3 Å². The molecular weight excluding hydrogens is 360 g/mol. The lowest BCUT2D eigenvalue weighted by atomic mass is 10.1. The Bertz CT molecular complexity index is 822. The molecule has 0 saturated carbocycles. The highest BCUT2D eigenvalue weighted by Crippen LogP contribution is 2.22. The second kappa shape index (κ2) is 7.98. The number of carbonyl (C=O) groups is 2. The van der Waals surface area contributed by atoms with E-state index in [0.29, 0.717) is 23.4 Å². The van der Waals surface area contributed by atoms with Crippen LogP contribution in [-0.2, 0) is 0 Å². The first-order valence-corrected chi connectivity index (χ1v) is 8.27. The molecule has 1 saturated heterocycles. The highest BCUT2D eigenvalue weighted by molar-refractivity contribution is 5.97. The monoisotopic (exact) mass is 377 g/mol. The third-order valence-corrected chi connectivity index (χ3v) is 4.24. The van der Waals surface area contributed by atoms with Gasteiger partial charge >= 0.3 is 6.61 Å². The number of halogens is 2. The number of aromatic nitrogens is 1. The number of alkyl halides is 2. The molecule has 2 amide bonds. The molecule has 27 heavy (non-hydrogen) atoms. The van der Waals surface area contributed by atoms with Crippen molar-refractivity contribution in [3.8, 4) is 5.75 Å². The molecular formula is C18H17F2N3O4. The Morgan fingerprint density at radius 2 is 1.52 bits per heavy atom. The van der Waals surface area contributed by atoms with Crippen molar-refractivity contribution in [1.29, 1.82) is 0 Å². The van der Waals surface area contributed by atoms with Crippen LogP contribution in [0.3, 0.4) is 0 Å². The fourth-order valence-electron chi connectivity index (χ4n) is 2.86. The summed E-state index contributed by atoms with van der Waals surface area (Å²) in [5, 5.41) is 11.1. The van der Waals surface area contributed by atoms with E-state index < -0.39 is 12.5 Å². The summed E-state index contributed by atoms with van der Waals surface area (Å²) in [6.07, 6.45) is 2.49. The number of amides is 2. The van der Waals surface area contributed by atoms with Crippen LogP contribution < -0.4 is 9.47 Å². The normalized spacial score (nSPS) is 14.3. The van der Waals surface area contributed by atoms with Crippen LogP contribution in [0.15, 0.2) is 48.8 Å². The molecule has 2 heterocycles. The number of para-hydroxylation sites is 1. The average molecular weight is 377 g/mol. The van der Waals surface area contributed by atoms with Gasteiger partial charge in [0.25, 0.3) is 11.8 Å². The molecule has 1 aliphatic heterocycles. The lowest BCUT2D eigenvalue weighted by molar-refractivity contribution is -0.605. The standard InChI is InChI=1S/C18H17F2N3O4/c19-18(20)27-15-4-2-1-3-14(15)17(25)22-11-9-21(10-12-22)16(24)13-5-7-23(26)8-6-13/h1-8,18H,9-12H2. The Balaban J connectivity index is 1.64. The molecule has 1 fully saturated rings. The maximum atomic E-state index is 12.6. The Kier molecular flexibility index (Phi) is 5.49. The van der Waals surface area contributed by atoms with Crippen molar-refractivity contribution in [2.75, 3.05) is 26.2 Å². The number of benzene rings is 1. The summed E-state index contributed by atoms with van der Waals surface area (Å²) in [6, 6.07) is 8.70. The topological polar surface area (TPSA) is 76.8 Å². The van der Waals surface area contributed by atoms with Gasteiger partial charge in [-0.25, -0.2) is 0 Å². The third kappa shape index (κ3) is 4.30. The van der Waals surface area contributed by atoms with E-state index in [1.165, 1.54) is 47.6 Å². The summed E-state index contributed by atoms with van der Waals surface area (Å²) >= 11 is 0. The van der Waals surface area contributed by atoms with Gasteiger partial charge < -0.3 is 19.7 Å². The molecule has 0 unspecified atom stereocenters. The van der Waals surface area contributed by atoms with E-state index in [4.69, 9.17) is 0 Å². The van der Waals surface area contributed by atoms with Crippen molar-refractivity contribution in [3.63, 3.8) is 0 Å². The Labute approximate surface area is 154 Å². The zero-order valence-electron chi connectivity index (χ0n) is 14.3. The van der Waals surface area contributed by atoms with Crippen LogP contribution in [0.5, 0.6) is 5.75 Å². The second-order valence-corrected chi connectivity index (χ2v) is 5.91. The van der Waals surface area contributed by atoms with Gasteiger partial charge in [-0.2, -0.15) is 13.5 Å². The van der Waals surface area contributed by atoms with Crippen LogP contribution >= 0.6 is 0 Å². The summed E-state index contributed by atoms with van der Waals surface area (Å²) in [4.78, 5) is 28.2. The SMILES string of the molecule is O=C(c1cc[n+]([O-])cc1)N1CCN(C(=O)c2ccccc2OC(F)F)CC1. The van der Waals surface area contributed by atoms with Crippen LogP contribution in [0.1, 0.15) is 20.7 Å². The van der Waals surface area contributed by atoms with Gasteiger partial charge in [-0.1, -0.05) is 12.1 Å². The molecule has 9 heteroatoms. The number of ether oxygens (including phenoxy) is 1. The first-order valence-electron chi connectivity index (χ1n) is 8.27. The van der Waals surface area contributed by atoms with E-state index in [9.17, 15) is 23.6 Å². The van der Waals surface area contributed by atoms with Crippen molar-refractivity contribution in [3.05, 3.63) is 65.1 Å². The molecule has 142 valence electrons. The predicted molar refractivity (Wildman–Crippen MR) is 90.3 cm³/mol. The quantitative estimate of drug-likeness (QED) is 0.598. The van der Waals surface area contributed by atoms with Crippen LogP contribution in [0.4, 0.5) is 8.78 Å². The van der Waals surface area contributed by atoms with Crippen molar-refractivity contribution in [2.45, 2.75) is 6.61 Å². The number of rotatable bonds is 4. The van der Waals surface area contributed by atoms with Gasteiger partial charge in [0.15, 0.2) is 12.4 Å². The molecule has 0 radical (unpaired) electrons. The van der Waals surface area contributed by atoms with Crippen molar-refractivity contribution in [1.82, 2.24) is 9.80 Å². The lowest BCUT2D eigenvalue weighted by Crippen LogP contribution is -2.50. The lowest BCUT2D eigenvalue weighted by Gasteiger charge is -2.35. The summed E-state index contributed by atoms with van der Waals surface area (Å²) < 4.78 is 30.0. The predicted octanol–water partition coefficient (Wildman–Crippen LogP) is 1.52. The molecule has 0 spiro atoms. The summed E-state index contributed by atoms with van der Waals surface area (Å²) in [5.41, 5.74) is 0.443. The van der Waals surface area contributed by atoms with Gasteiger partial charge in [0.05, 0.1) is 11.1 Å². The van der Waals surface area contributed by atoms with Gasteiger partial charge in [0.1, 0.15) is 5.75 Å². The molecule has 1 aliphatic rings. The van der Waals surface area contributed by atoms with Gasteiger partial charge in [-0.05, 0) is 12.1 Å². The molecule has 7 nitrogen and oxygen atoms in total. The maximum absolute atomic E-state index is 12.6. The van der Waals surface area contributed by atoms with E-state index >= 15 is 0 Å². The van der Waals surface area contributed by atoms with Gasteiger partial charge in [0.2, 0.25) is 0 Å². The average Bonchev–Trinajstić information content (AvgIpc) is 2.68. The van der Waals surface area contributed by atoms with Gasteiger partial charge in [-0.15, -0.1) is 0 Å². The van der Waals surface area contributed by atoms with E-state index in [1.54, 1.807) is 11.0 Å². The molecule has 0 aliphatic carbocycles. The number of nitrogens with zero attached hydrogens (tertiary/aromatic N) is 3. The fraction of sp³-hybridized carbons (Fsp3) is 0.278. The first kappa shape index (κ1) is 18.6. The van der Waals surface area contributed by atoms with Crippen molar-refractivity contribution < 1.29 is 27.8 Å². The number of piperazine rings is 1. The summed E-state index contributed by atoms with van der Waals surface area (Å²) in [7, 11) is 0. The van der Waals surface area contributed by atoms with Crippen LogP contribution in [0.25, 0.3) is 0 Å². The molecule has 0 N–H and O–H groups in total. The third-order valence-electron chi connectivity index (χ3n) is 4.24. The maximum Gasteiger partial charge on any atom is 0.387 e. The highest BCUT2D eigenvalue weighted by Gasteiger charge is 2.27. The van der Waals surface area contributed by atoms with E-state index in [2.05, 4.69) is 4.74 Å². The van der Waals surface area contributed by atoms with Crippen LogP contribution in [0.2, 0.25) is 0 Å². The van der Waals surface area contributed by atoms with Crippen molar-refractivity contribution >= 4 is 11.8 Å². The van der Waals surface area contributed by atoms with E-state index in [1.807, 2.05) is 0 Å². The molecule has 1 aromatic heterocycles. The number of pyridine rings is 1. The minimum absolute atomic E-state index is 0.0561. The Morgan fingerprint density at radius 1 is 0.963 bits per heavy atom. The molecule has 0 atom stereocenters. The molecule has 1 aromatic carbocycles. The van der Waals surface area contributed by atoms with E-state index in [0.717, 1.165) is 0 Å². The Hall–Kier alpha value is -3.23. The largest absolute Gasteiger partial charge is 0.619 e. The minimum atomic E-state index is -3.02. The summed E-state index contributed by atoms with van der Waals surface area (Å²) in [6.45, 7) is -1.89. The molecule has 2 aromatic rings. The Morgan fingerprint density at radius 3 is 2.11 bits per heavy atom. The number of carbonyl (C=O) groups excluding carboxylic acids is 2. The van der Waals surface area contributed by atoms with Crippen molar-refractivity contribution in [2.24, 2.45) is 0 Å². The molecule has 0 bridgehead atoms. The smallest absolute Gasteiger partial charge is 0.387 e.